The second-order valence-electron chi connectivity index (χ2n) is 4.01. The predicted molar refractivity (Wildman–Crippen MR) is 67.3 cm³/mol. The van der Waals surface area contributed by atoms with Crippen LogP contribution in [0.4, 0.5) is 0 Å². The van der Waals surface area contributed by atoms with Crippen molar-refractivity contribution in [3.05, 3.63) is 29.8 Å². The van der Waals surface area contributed by atoms with Crippen LogP contribution in [-0.2, 0) is 16.4 Å². The van der Waals surface area contributed by atoms with Crippen LogP contribution < -0.4 is 0 Å². The van der Waals surface area contributed by atoms with E-state index in [2.05, 4.69) is 4.90 Å². The van der Waals surface area contributed by atoms with Crippen LogP contribution in [-0.4, -0.2) is 37.7 Å². The monoisotopic (exact) mass is 257 g/mol. The van der Waals surface area contributed by atoms with Crippen molar-refractivity contribution in [2.45, 2.75) is 11.4 Å². The molecule has 3 nitrogen and oxygen atoms in total. The van der Waals surface area contributed by atoms with Gasteiger partial charge in [0.25, 0.3) is 0 Å². The van der Waals surface area contributed by atoms with Crippen molar-refractivity contribution in [1.29, 1.82) is 0 Å². The van der Waals surface area contributed by atoms with Gasteiger partial charge in [0, 0.05) is 31.0 Å². The molecule has 0 amide bonds. The first-order valence-corrected chi connectivity index (χ1v) is 8.19. The van der Waals surface area contributed by atoms with Crippen LogP contribution in [0.15, 0.2) is 29.2 Å². The fourth-order valence-electron chi connectivity index (χ4n) is 1.71. The van der Waals surface area contributed by atoms with E-state index in [0.717, 1.165) is 24.5 Å². The molecule has 0 N–H and O–H groups in total. The van der Waals surface area contributed by atoms with E-state index in [1.54, 1.807) is 12.1 Å². The van der Waals surface area contributed by atoms with E-state index in [1.165, 1.54) is 12.0 Å². The summed E-state index contributed by atoms with van der Waals surface area (Å²) >= 11 is 1.92. The third-order valence-electron chi connectivity index (χ3n) is 2.56. The van der Waals surface area contributed by atoms with E-state index in [4.69, 9.17) is 0 Å². The molecule has 1 aromatic carbocycles. The Bertz CT molecular complexity index is 465. The van der Waals surface area contributed by atoms with Crippen molar-refractivity contribution in [1.82, 2.24) is 4.90 Å². The van der Waals surface area contributed by atoms with Gasteiger partial charge >= 0.3 is 0 Å². The van der Waals surface area contributed by atoms with Crippen molar-refractivity contribution in [2.75, 3.05) is 24.4 Å². The largest absolute Gasteiger partial charge is 0.289 e. The highest BCUT2D eigenvalue weighted by Gasteiger charge is 2.13. The third-order valence-corrected chi connectivity index (χ3v) is 4.69. The van der Waals surface area contributed by atoms with E-state index in [9.17, 15) is 8.42 Å². The first-order valence-electron chi connectivity index (χ1n) is 5.15. The Balaban J connectivity index is 2.16. The molecule has 5 heteroatoms. The van der Waals surface area contributed by atoms with Crippen LogP contribution in [0, 0.1) is 0 Å². The summed E-state index contributed by atoms with van der Waals surface area (Å²) in [6.07, 6.45) is 1.25. The number of hydrogen-bond acceptors (Lipinski definition) is 4. The van der Waals surface area contributed by atoms with E-state index in [1.807, 2.05) is 23.9 Å². The zero-order valence-corrected chi connectivity index (χ0v) is 10.9. The summed E-state index contributed by atoms with van der Waals surface area (Å²) in [5.74, 6) is 2.22. The number of sulfone groups is 1. The summed E-state index contributed by atoms with van der Waals surface area (Å²) in [6, 6.07) is 7.22. The van der Waals surface area contributed by atoms with Gasteiger partial charge in [-0.15, -0.1) is 11.8 Å². The average Bonchev–Trinajstić information content (AvgIpc) is 2.70. The van der Waals surface area contributed by atoms with Crippen LogP contribution in [0.25, 0.3) is 0 Å². The quantitative estimate of drug-likeness (QED) is 0.824. The van der Waals surface area contributed by atoms with Crippen LogP contribution in [0.5, 0.6) is 0 Å². The zero-order valence-electron chi connectivity index (χ0n) is 9.22. The van der Waals surface area contributed by atoms with Crippen LogP contribution in [0.1, 0.15) is 5.56 Å². The highest BCUT2D eigenvalue weighted by Crippen LogP contribution is 2.18. The van der Waals surface area contributed by atoms with Crippen LogP contribution in [0.3, 0.4) is 0 Å². The number of hydrogen-bond donors (Lipinski definition) is 0. The molecule has 16 heavy (non-hydrogen) atoms. The summed E-state index contributed by atoms with van der Waals surface area (Å²) in [5.41, 5.74) is 1.07. The fraction of sp³-hybridized carbons (Fsp3) is 0.455. The van der Waals surface area contributed by atoms with Gasteiger partial charge in [0.15, 0.2) is 9.84 Å². The fourth-order valence-corrected chi connectivity index (χ4v) is 3.40. The van der Waals surface area contributed by atoms with E-state index in [-0.39, 0.29) is 0 Å². The maximum atomic E-state index is 11.4. The van der Waals surface area contributed by atoms with Gasteiger partial charge in [-0.25, -0.2) is 8.42 Å². The lowest BCUT2D eigenvalue weighted by Gasteiger charge is -2.13. The Morgan fingerprint density at radius 3 is 2.88 bits per heavy atom. The maximum absolute atomic E-state index is 11.4. The lowest BCUT2D eigenvalue weighted by atomic mass is 10.2. The highest BCUT2D eigenvalue weighted by molar-refractivity contribution is 7.99. The molecule has 88 valence electrons. The third kappa shape index (κ3) is 2.99. The molecule has 0 aliphatic carbocycles. The Morgan fingerprint density at radius 2 is 2.25 bits per heavy atom. The molecule has 1 aliphatic rings. The second kappa shape index (κ2) is 4.77. The minimum atomic E-state index is -3.08. The average molecular weight is 257 g/mol. The van der Waals surface area contributed by atoms with E-state index >= 15 is 0 Å². The number of thioether (sulfide) groups is 1. The molecule has 0 radical (unpaired) electrons. The molecular formula is C11H15NO2S2. The second-order valence-corrected chi connectivity index (χ2v) is 7.10. The van der Waals surface area contributed by atoms with Crippen LogP contribution >= 0.6 is 11.8 Å². The van der Waals surface area contributed by atoms with Crippen molar-refractivity contribution >= 4 is 21.6 Å². The van der Waals surface area contributed by atoms with Gasteiger partial charge < -0.3 is 0 Å². The summed E-state index contributed by atoms with van der Waals surface area (Å²) in [6.45, 7) is 1.93. The molecule has 1 aliphatic heterocycles. The molecular weight excluding hydrogens is 242 g/mol. The molecule has 0 spiro atoms. The molecule has 0 bridgehead atoms. The van der Waals surface area contributed by atoms with Gasteiger partial charge in [0.2, 0.25) is 0 Å². The Labute approximate surface area is 101 Å². The van der Waals surface area contributed by atoms with Gasteiger partial charge in [-0.1, -0.05) is 12.1 Å². The SMILES string of the molecule is CS(=O)(=O)c1cccc(CN2CCSC2)c1. The summed E-state index contributed by atoms with van der Waals surface area (Å²) < 4.78 is 22.8. The maximum Gasteiger partial charge on any atom is 0.175 e. The summed E-state index contributed by atoms with van der Waals surface area (Å²) in [4.78, 5) is 2.74. The minimum absolute atomic E-state index is 0.414. The molecule has 0 atom stereocenters. The molecule has 1 heterocycles. The smallest absolute Gasteiger partial charge is 0.175 e. The molecule has 1 fully saturated rings. The van der Waals surface area contributed by atoms with Crippen molar-refractivity contribution < 1.29 is 8.42 Å². The van der Waals surface area contributed by atoms with E-state index < -0.39 is 9.84 Å². The van der Waals surface area contributed by atoms with Crippen LogP contribution in [0.2, 0.25) is 0 Å². The van der Waals surface area contributed by atoms with Crippen molar-refractivity contribution in [3.8, 4) is 0 Å². The molecule has 2 rings (SSSR count). The molecule has 0 unspecified atom stereocenters. The number of rotatable bonds is 3. The highest BCUT2D eigenvalue weighted by atomic mass is 32.2. The Kier molecular flexibility index (Phi) is 3.56. The zero-order chi connectivity index (χ0) is 11.6. The Hall–Kier alpha value is -0.520. The van der Waals surface area contributed by atoms with E-state index in [0.29, 0.717) is 4.90 Å². The first kappa shape index (κ1) is 12.0. The topological polar surface area (TPSA) is 37.4 Å². The number of benzene rings is 1. The first-order chi connectivity index (χ1) is 7.55. The lowest BCUT2D eigenvalue weighted by Crippen LogP contribution is -2.18. The number of nitrogens with zero attached hydrogens (tertiary/aromatic N) is 1. The summed E-state index contributed by atoms with van der Waals surface area (Å²) in [5, 5.41) is 0. The van der Waals surface area contributed by atoms with Gasteiger partial charge in [0.1, 0.15) is 0 Å². The molecule has 1 aromatic rings. The van der Waals surface area contributed by atoms with Crippen molar-refractivity contribution in [2.24, 2.45) is 0 Å². The summed E-state index contributed by atoms with van der Waals surface area (Å²) in [7, 11) is -3.08. The Morgan fingerprint density at radius 1 is 1.44 bits per heavy atom. The normalized spacial score (nSPS) is 17.8. The standard InChI is InChI=1S/C11H15NO2S2/c1-16(13,14)11-4-2-3-10(7-11)8-12-5-6-15-9-12/h2-4,7H,5-6,8-9H2,1H3. The lowest BCUT2D eigenvalue weighted by molar-refractivity contribution is 0.348. The van der Waals surface area contributed by atoms with Gasteiger partial charge in [-0.05, 0) is 17.7 Å². The van der Waals surface area contributed by atoms with Gasteiger partial charge in [-0.3, -0.25) is 4.90 Å². The van der Waals surface area contributed by atoms with Gasteiger partial charge in [-0.2, -0.15) is 0 Å². The molecule has 0 saturated carbocycles. The molecule has 0 aromatic heterocycles. The van der Waals surface area contributed by atoms with Crippen molar-refractivity contribution in [3.63, 3.8) is 0 Å². The minimum Gasteiger partial charge on any atom is -0.289 e. The van der Waals surface area contributed by atoms with Gasteiger partial charge in [0.05, 0.1) is 4.90 Å². The molecule has 1 saturated heterocycles. The predicted octanol–water partition coefficient (Wildman–Crippen LogP) is 1.60.